The normalized spacial score (nSPS) is 13.4. The maximum absolute atomic E-state index is 12.9. The van der Waals surface area contributed by atoms with Crippen molar-refractivity contribution in [2.24, 2.45) is 0 Å². The van der Waals surface area contributed by atoms with Crippen LogP contribution in [0.1, 0.15) is 29.7 Å². The minimum absolute atomic E-state index is 0.210. The van der Waals surface area contributed by atoms with Gasteiger partial charge in [0, 0.05) is 48.7 Å². The van der Waals surface area contributed by atoms with Crippen LogP contribution in [0.4, 0.5) is 17.1 Å². The van der Waals surface area contributed by atoms with Gasteiger partial charge in [-0.05, 0) is 68.8 Å². The van der Waals surface area contributed by atoms with Gasteiger partial charge >= 0.3 is 0 Å². The van der Waals surface area contributed by atoms with Crippen molar-refractivity contribution in [1.29, 1.82) is 5.26 Å². The third-order valence-corrected chi connectivity index (χ3v) is 7.08. The van der Waals surface area contributed by atoms with Gasteiger partial charge in [0.1, 0.15) is 24.2 Å². The minimum atomic E-state index is -0.210. The van der Waals surface area contributed by atoms with Gasteiger partial charge < -0.3 is 25.0 Å². The maximum atomic E-state index is 12.9. The van der Waals surface area contributed by atoms with Gasteiger partial charge in [-0.25, -0.2) is 0 Å². The molecule has 2 aromatic carbocycles. The number of amides is 1. The number of methoxy groups -OCH3 is 1. The molecule has 0 bridgehead atoms. The number of nitrogens with one attached hydrogen (secondary N) is 2. The van der Waals surface area contributed by atoms with Crippen molar-refractivity contribution in [3.05, 3.63) is 89.4 Å². The van der Waals surface area contributed by atoms with Crippen LogP contribution in [0.25, 0.3) is 10.9 Å². The minimum Gasteiger partial charge on any atom is -0.494 e. The number of benzene rings is 2. The molecule has 1 amide bonds. The molecule has 5 rings (SSSR count). The van der Waals surface area contributed by atoms with Crippen LogP contribution in [-0.4, -0.2) is 48.0 Å². The van der Waals surface area contributed by atoms with Crippen LogP contribution < -0.4 is 20.1 Å². The van der Waals surface area contributed by atoms with E-state index in [1.54, 1.807) is 31.5 Å². The number of aromatic nitrogens is 2. The molecule has 9 nitrogen and oxygen atoms in total. The highest BCUT2D eigenvalue weighted by atomic mass is 16.5. The molecule has 4 aromatic rings. The van der Waals surface area contributed by atoms with Crippen molar-refractivity contribution in [1.82, 2.24) is 14.9 Å². The van der Waals surface area contributed by atoms with E-state index in [0.717, 1.165) is 54.2 Å². The number of nitriles is 1. The predicted octanol–water partition coefficient (Wildman–Crippen LogP) is 5.73. The number of rotatable bonds is 8. The summed E-state index contributed by atoms with van der Waals surface area (Å²) in [5.74, 6) is 1.02. The summed E-state index contributed by atoms with van der Waals surface area (Å²) in [6, 6.07) is 17.3. The summed E-state index contributed by atoms with van der Waals surface area (Å²) in [6.07, 6.45) is 6.69. The molecule has 1 aliphatic rings. The fourth-order valence-electron chi connectivity index (χ4n) is 4.78. The van der Waals surface area contributed by atoms with Crippen LogP contribution >= 0.6 is 0 Å². The highest BCUT2D eigenvalue weighted by Crippen LogP contribution is 2.36. The van der Waals surface area contributed by atoms with Crippen LogP contribution in [0.2, 0.25) is 0 Å². The zero-order valence-electron chi connectivity index (χ0n) is 23.4. The number of pyridine rings is 2. The lowest BCUT2D eigenvalue weighted by atomic mass is 10.0. The van der Waals surface area contributed by atoms with E-state index in [1.807, 2.05) is 43.3 Å². The molecular weight excluding hydrogens is 516 g/mol. The average Bonchev–Trinajstić information content (AvgIpc) is 2.98. The number of piperidine rings is 1. The molecule has 0 spiro atoms. The van der Waals surface area contributed by atoms with E-state index >= 15 is 0 Å². The predicted molar refractivity (Wildman–Crippen MR) is 159 cm³/mol. The Labute approximate surface area is 239 Å². The van der Waals surface area contributed by atoms with Gasteiger partial charge in [0.05, 0.1) is 35.3 Å². The standard InChI is InChI=1S/C32H32N6O3/c1-21-14-24(7-8-29(21)41-20-25-6-4-5-11-34-25)36-32-23(18-33)19-35-27-17-30(40-3)28(16-26(27)32)37-31(39)15-22-9-12-38(2)13-10-22/h4-8,11,14-17,19H,9-10,12-13,20H2,1-3H3,(H,35,36)(H,37,39). The smallest absolute Gasteiger partial charge is 0.248 e. The quantitative estimate of drug-likeness (QED) is 0.269. The van der Waals surface area contributed by atoms with Gasteiger partial charge in [0.2, 0.25) is 5.91 Å². The van der Waals surface area contributed by atoms with Gasteiger partial charge in [0.15, 0.2) is 0 Å². The number of carbonyl (C=O) groups excluding carboxylic acids is 1. The summed E-state index contributed by atoms with van der Waals surface area (Å²) >= 11 is 0. The maximum Gasteiger partial charge on any atom is 0.248 e. The second kappa shape index (κ2) is 12.5. The van der Waals surface area contributed by atoms with Crippen molar-refractivity contribution in [2.45, 2.75) is 26.4 Å². The number of fused-ring (bicyclic) bond motifs is 1. The molecule has 0 atom stereocenters. The third-order valence-electron chi connectivity index (χ3n) is 7.08. The lowest BCUT2D eigenvalue weighted by Crippen LogP contribution is -2.27. The summed E-state index contributed by atoms with van der Waals surface area (Å²) in [5, 5.41) is 16.9. The number of aryl methyl sites for hydroxylation is 1. The lowest BCUT2D eigenvalue weighted by Gasteiger charge is -2.23. The van der Waals surface area contributed by atoms with Gasteiger partial charge in [-0.3, -0.25) is 14.8 Å². The van der Waals surface area contributed by atoms with E-state index < -0.39 is 0 Å². The number of ether oxygens (including phenoxy) is 2. The SMILES string of the molecule is COc1cc2ncc(C#N)c(Nc3ccc(OCc4ccccn4)c(C)c3)c2cc1NC(=O)C=C1CCN(C)CC1. The van der Waals surface area contributed by atoms with Crippen LogP contribution in [0, 0.1) is 18.3 Å². The Kier molecular flexibility index (Phi) is 8.42. The zero-order chi connectivity index (χ0) is 28.8. The lowest BCUT2D eigenvalue weighted by molar-refractivity contribution is -0.112. The van der Waals surface area contributed by atoms with E-state index in [4.69, 9.17) is 9.47 Å². The van der Waals surface area contributed by atoms with E-state index in [0.29, 0.717) is 40.2 Å². The highest BCUT2D eigenvalue weighted by Gasteiger charge is 2.17. The van der Waals surface area contributed by atoms with Crippen molar-refractivity contribution in [3.8, 4) is 17.6 Å². The first kappa shape index (κ1) is 27.6. The average molecular weight is 549 g/mol. The molecule has 1 saturated heterocycles. The summed E-state index contributed by atoms with van der Waals surface area (Å²) in [4.78, 5) is 23.9. The van der Waals surface area contributed by atoms with E-state index in [9.17, 15) is 10.1 Å². The number of hydrogen-bond donors (Lipinski definition) is 2. The van der Waals surface area contributed by atoms with Crippen LogP contribution in [-0.2, 0) is 11.4 Å². The molecule has 0 unspecified atom stereocenters. The Bertz CT molecular complexity index is 1640. The Morgan fingerprint density at radius 2 is 1.95 bits per heavy atom. The fraction of sp³-hybridized carbons (Fsp3) is 0.250. The first-order chi connectivity index (χ1) is 19.9. The number of likely N-dealkylation sites (tertiary alicyclic amines) is 1. The Balaban J connectivity index is 1.42. The van der Waals surface area contributed by atoms with Gasteiger partial charge in [0.25, 0.3) is 0 Å². The molecule has 0 aliphatic carbocycles. The fourth-order valence-corrected chi connectivity index (χ4v) is 4.78. The second-order valence-electron chi connectivity index (χ2n) is 10.0. The van der Waals surface area contributed by atoms with Crippen molar-refractivity contribution in [2.75, 3.05) is 37.9 Å². The molecular formula is C32H32N6O3. The van der Waals surface area contributed by atoms with E-state index in [1.165, 1.54) is 6.20 Å². The molecule has 0 radical (unpaired) electrons. The molecule has 208 valence electrons. The number of anilines is 3. The molecule has 0 saturated carbocycles. The molecule has 2 aromatic heterocycles. The Hall–Kier alpha value is -4.94. The molecule has 1 fully saturated rings. The first-order valence-corrected chi connectivity index (χ1v) is 13.4. The monoisotopic (exact) mass is 548 g/mol. The van der Waals surface area contributed by atoms with E-state index in [-0.39, 0.29) is 5.91 Å². The summed E-state index contributed by atoms with van der Waals surface area (Å²) < 4.78 is 11.5. The van der Waals surface area contributed by atoms with Crippen LogP contribution in [0.3, 0.4) is 0 Å². The molecule has 1 aliphatic heterocycles. The highest BCUT2D eigenvalue weighted by molar-refractivity contribution is 6.05. The second-order valence-corrected chi connectivity index (χ2v) is 10.0. The molecule has 2 N–H and O–H groups in total. The summed E-state index contributed by atoms with van der Waals surface area (Å²) in [5.41, 5.74) is 5.78. The Morgan fingerprint density at radius 1 is 1.12 bits per heavy atom. The van der Waals surface area contributed by atoms with E-state index in [2.05, 4.69) is 38.6 Å². The zero-order valence-corrected chi connectivity index (χ0v) is 23.4. The molecule has 9 heteroatoms. The largest absolute Gasteiger partial charge is 0.494 e. The number of hydrogen-bond acceptors (Lipinski definition) is 8. The van der Waals surface area contributed by atoms with Crippen LogP contribution in [0.15, 0.2) is 72.6 Å². The third kappa shape index (κ3) is 6.62. The van der Waals surface area contributed by atoms with Crippen molar-refractivity contribution in [3.63, 3.8) is 0 Å². The van der Waals surface area contributed by atoms with Crippen LogP contribution in [0.5, 0.6) is 11.5 Å². The number of nitrogens with zero attached hydrogens (tertiary/aromatic N) is 4. The van der Waals surface area contributed by atoms with Gasteiger partial charge in [-0.1, -0.05) is 11.6 Å². The molecule has 3 heterocycles. The van der Waals surface area contributed by atoms with Gasteiger partial charge in [-0.2, -0.15) is 5.26 Å². The number of carbonyl (C=O) groups is 1. The van der Waals surface area contributed by atoms with Crippen molar-refractivity contribution < 1.29 is 14.3 Å². The topological polar surface area (TPSA) is 112 Å². The van der Waals surface area contributed by atoms with Gasteiger partial charge in [-0.15, -0.1) is 0 Å². The summed E-state index contributed by atoms with van der Waals surface area (Å²) in [6.45, 7) is 4.21. The Morgan fingerprint density at radius 3 is 2.66 bits per heavy atom. The van der Waals surface area contributed by atoms with Crippen molar-refractivity contribution >= 4 is 33.9 Å². The summed E-state index contributed by atoms with van der Waals surface area (Å²) in [7, 11) is 3.63. The molecule has 41 heavy (non-hydrogen) atoms. The first-order valence-electron chi connectivity index (χ1n) is 13.4.